The molecule has 0 saturated carbocycles. The highest BCUT2D eigenvalue weighted by Crippen LogP contribution is 2.28. The van der Waals surface area contributed by atoms with Gasteiger partial charge in [0.15, 0.2) is 0 Å². The lowest BCUT2D eigenvalue weighted by atomic mass is 10.1. The molecule has 2 aromatic rings. The average Bonchev–Trinajstić information content (AvgIpc) is 2.65. The van der Waals surface area contributed by atoms with Gasteiger partial charge in [0.2, 0.25) is 0 Å². The number of carbonyl (C=O) groups is 1. The van der Waals surface area contributed by atoms with Gasteiger partial charge in [-0.15, -0.1) is 6.58 Å². The Kier molecular flexibility index (Phi) is 5.17. The second-order valence-corrected chi connectivity index (χ2v) is 6.04. The Balaban J connectivity index is 2.52. The summed E-state index contributed by atoms with van der Waals surface area (Å²) >= 11 is 5.56. The van der Waals surface area contributed by atoms with E-state index in [1.807, 2.05) is 12.1 Å². The van der Waals surface area contributed by atoms with Gasteiger partial charge >= 0.3 is 5.97 Å². The monoisotopic (exact) mass is 450 g/mol. The van der Waals surface area contributed by atoms with E-state index in [1.165, 1.54) is 4.68 Å². The summed E-state index contributed by atoms with van der Waals surface area (Å²) in [5.41, 5.74) is 1.69. The Bertz CT molecular complexity index is 669. The van der Waals surface area contributed by atoms with Crippen LogP contribution >= 0.6 is 38.5 Å². The Morgan fingerprint density at radius 1 is 1.60 bits per heavy atom. The van der Waals surface area contributed by atoms with Gasteiger partial charge in [0.25, 0.3) is 0 Å². The van der Waals surface area contributed by atoms with E-state index in [9.17, 15) is 4.79 Å². The molecule has 2 rings (SSSR count). The Morgan fingerprint density at radius 2 is 2.35 bits per heavy atom. The molecule has 0 spiro atoms. The van der Waals surface area contributed by atoms with E-state index < -0.39 is 5.97 Å². The van der Waals surface area contributed by atoms with Crippen molar-refractivity contribution in [3.8, 4) is 0 Å². The number of aliphatic carboxylic acids is 1. The van der Waals surface area contributed by atoms with Crippen LogP contribution in [0.15, 0.2) is 29.3 Å². The summed E-state index contributed by atoms with van der Waals surface area (Å²) in [6, 6.07) is 3.85. The largest absolute Gasteiger partial charge is 0.480 e. The van der Waals surface area contributed by atoms with Gasteiger partial charge in [0, 0.05) is 15.4 Å². The molecule has 106 valence electrons. The quantitative estimate of drug-likeness (QED) is 0.417. The van der Waals surface area contributed by atoms with E-state index in [2.05, 4.69) is 50.2 Å². The van der Waals surface area contributed by atoms with Crippen LogP contribution in [-0.4, -0.2) is 27.5 Å². The minimum Gasteiger partial charge on any atom is -0.480 e. The maximum atomic E-state index is 10.9. The molecule has 0 fully saturated rings. The molecule has 7 heteroatoms. The van der Waals surface area contributed by atoms with Crippen molar-refractivity contribution in [2.45, 2.75) is 13.2 Å². The lowest BCUT2D eigenvalue weighted by molar-refractivity contribution is -0.137. The van der Waals surface area contributed by atoms with Gasteiger partial charge in [-0.25, -0.2) is 0 Å². The van der Waals surface area contributed by atoms with Crippen LogP contribution < -0.4 is 0 Å². The maximum absolute atomic E-state index is 10.9. The van der Waals surface area contributed by atoms with Crippen LogP contribution in [0.1, 0.15) is 5.56 Å². The Hall–Kier alpha value is -0.930. The van der Waals surface area contributed by atoms with E-state index in [1.54, 1.807) is 6.08 Å². The minimum atomic E-state index is -0.924. The predicted molar refractivity (Wildman–Crippen MR) is 87.6 cm³/mol. The molecule has 0 atom stereocenters. The number of benzene rings is 1. The zero-order valence-corrected chi connectivity index (χ0v) is 14.2. The number of ether oxygens (including phenoxy) is 1. The number of hydrogen-bond acceptors (Lipinski definition) is 3. The molecular formula is C13H12BrIN2O3. The third-order valence-electron chi connectivity index (χ3n) is 2.62. The fraction of sp³-hybridized carbons (Fsp3) is 0.231. The molecule has 1 heterocycles. The molecule has 0 aliphatic heterocycles. The highest BCUT2D eigenvalue weighted by Gasteiger charge is 2.15. The van der Waals surface area contributed by atoms with Crippen molar-refractivity contribution in [1.82, 2.24) is 9.78 Å². The van der Waals surface area contributed by atoms with Crippen molar-refractivity contribution in [1.29, 1.82) is 0 Å². The first-order valence-electron chi connectivity index (χ1n) is 5.77. The lowest BCUT2D eigenvalue weighted by Gasteiger charge is -2.08. The highest BCUT2D eigenvalue weighted by molar-refractivity contribution is 14.1. The zero-order valence-electron chi connectivity index (χ0n) is 10.5. The number of carboxylic acid groups (broad SMARTS) is 1. The third kappa shape index (κ3) is 3.39. The number of fused-ring (bicyclic) bond motifs is 1. The van der Waals surface area contributed by atoms with Gasteiger partial charge in [-0.1, -0.05) is 22.0 Å². The van der Waals surface area contributed by atoms with Crippen molar-refractivity contribution in [3.05, 3.63) is 38.5 Å². The van der Waals surface area contributed by atoms with Crippen LogP contribution in [0.4, 0.5) is 0 Å². The van der Waals surface area contributed by atoms with Gasteiger partial charge in [-0.2, -0.15) is 5.10 Å². The van der Waals surface area contributed by atoms with Gasteiger partial charge in [-0.3, -0.25) is 9.48 Å². The zero-order chi connectivity index (χ0) is 14.7. The molecular weight excluding hydrogens is 439 g/mol. The molecule has 5 nitrogen and oxygen atoms in total. The van der Waals surface area contributed by atoms with E-state index in [0.29, 0.717) is 13.2 Å². The summed E-state index contributed by atoms with van der Waals surface area (Å²) in [7, 11) is 0. The average molecular weight is 451 g/mol. The topological polar surface area (TPSA) is 64.4 Å². The third-order valence-corrected chi connectivity index (χ3v) is 3.88. The number of halogens is 2. The summed E-state index contributed by atoms with van der Waals surface area (Å²) in [6.07, 6.45) is 1.67. The van der Waals surface area contributed by atoms with Crippen molar-refractivity contribution in [2.75, 3.05) is 6.61 Å². The van der Waals surface area contributed by atoms with E-state index in [4.69, 9.17) is 9.84 Å². The molecule has 0 saturated heterocycles. The molecule has 1 N–H and O–H groups in total. The van der Waals surface area contributed by atoms with E-state index >= 15 is 0 Å². The van der Waals surface area contributed by atoms with Gasteiger partial charge in [-0.05, 0) is 34.7 Å². The van der Waals surface area contributed by atoms with Crippen LogP contribution in [-0.2, 0) is 22.7 Å². The van der Waals surface area contributed by atoms with Crippen LogP contribution in [0.5, 0.6) is 0 Å². The second-order valence-electron chi connectivity index (χ2n) is 4.11. The Morgan fingerprint density at radius 3 is 3.00 bits per heavy atom. The minimum absolute atomic E-state index is 0.171. The summed E-state index contributed by atoms with van der Waals surface area (Å²) in [4.78, 5) is 10.9. The SMILES string of the molecule is C=CCOCc1cc(Br)cc2c(I)nn(CC(=O)O)c12. The summed E-state index contributed by atoms with van der Waals surface area (Å²) in [5, 5.41) is 14.2. The summed E-state index contributed by atoms with van der Waals surface area (Å²) in [5.74, 6) is -0.924. The van der Waals surface area contributed by atoms with E-state index in [-0.39, 0.29) is 6.54 Å². The lowest BCUT2D eigenvalue weighted by Crippen LogP contribution is -2.11. The molecule has 0 amide bonds. The smallest absolute Gasteiger partial charge is 0.325 e. The molecule has 0 bridgehead atoms. The fourth-order valence-electron chi connectivity index (χ4n) is 1.93. The first-order chi connectivity index (χ1) is 9.52. The van der Waals surface area contributed by atoms with E-state index in [0.717, 1.165) is 24.6 Å². The number of nitrogens with zero attached hydrogens (tertiary/aromatic N) is 2. The standard InChI is InChI=1S/C13H12BrIN2O3/c1-2-3-20-7-8-4-9(14)5-10-12(8)17(6-11(18)19)16-13(10)15/h2,4-5H,1,3,6-7H2,(H,18,19). The maximum Gasteiger partial charge on any atom is 0.325 e. The number of aromatic nitrogens is 2. The molecule has 20 heavy (non-hydrogen) atoms. The van der Waals surface area contributed by atoms with Crippen LogP contribution in [0.2, 0.25) is 0 Å². The Labute approximate surface area is 137 Å². The molecule has 0 radical (unpaired) electrons. The first kappa shape index (κ1) is 15.5. The highest BCUT2D eigenvalue weighted by atomic mass is 127. The molecule has 0 unspecified atom stereocenters. The molecule has 0 aliphatic rings. The normalized spacial score (nSPS) is 10.9. The van der Waals surface area contributed by atoms with Crippen LogP contribution in [0.25, 0.3) is 10.9 Å². The number of hydrogen-bond donors (Lipinski definition) is 1. The summed E-state index contributed by atoms with van der Waals surface area (Å²) in [6.45, 7) is 4.25. The van der Waals surface area contributed by atoms with Crippen molar-refractivity contribution >= 4 is 55.4 Å². The number of carboxylic acids is 1. The fourth-order valence-corrected chi connectivity index (χ4v) is 3.11. The van der Waals surface area contributed by atoms with Crippen molar-refractivity contribution in [2.24, 2.45) is 0 Å². The molecule has 1 aromatic heterocycles. The molecule has 1 aromatic carbocycles. The van der Waals surface area contributed by atoms with Crippen molar-refractivity contribution < 1.29 is 14.6 Å². The van der Waals surface area contributed by atoms with Crippen LogP contribution in [0, 0.1) is 3.70 Å². The van der Waals surface area contributed by atoms with Gasteiger partial charge in [0.1, 0.15) is 10.2 Å². The van der Waals surface area contributed by atoms with Crippen LogP contribution in [0.3, 0.4) is 0 Å². The van der Waals surface area contributed by atoms with Gasteiger partial charge in [0.05, 0.1) is 18.7 Å². The van der Waals surface area contributed by atoms with Gasteiger partial charge < -0.3 is 9.84 Å². The van der Waals surface area contributed by atoms with Crippen molar-refractivity contribution in [3.63, 3.8) is 0 Å². The summed E-state index contributed by atoms with van der Waals surface area (Å²) < 4.78 is 8.65. The second kappa shape index (κ2) is 6.68. The first-order valence-corrected chi connectivity index (χ1v) is 7.65. The predicted octanol–water partition coefficient (Wildman–Crippen LogP) is 3.19. The molecule has 0 aliphatic carbocycles. The number of rotatable bonds is 6.